The van der Waals surface area contributed by atoms with Gasteiger partial charge < -0.3 is 29.2 Å². The summed E-state index contributed by atoms with van der Waals surface area (Å²) in [5, 5.41) is 2.81. The number of carbonyl (C=O) groups excluding carboxylic acids is 5. The van der Waals surface area contributed by atoms with Crippen molar-refractivity contribution in [3.8, 4) is 16.9 Å². The maximum atomic E-state index is 13.3. The summed E-state index contributed by atoms with van der Waals surface area (Å²) in [5.41, 5.74) is 11.2. The molecule has 4 aromatic rings. The number of amides is 4. The number of ether oxygens (including phenoxy) is 4. The molecule has 1 unspecified atom stereocenters. The first-order valence-electron chi connectivity index (χ1n) is 23.7. The fourth-order valence-electron chi connectivity index (χ4n) is 9.48. The highest BCUT2D eigenvalue weighted by Crippen LogP contribution is 2.38. The molecule has 3 N–H and O–H groups in total. The molecule has 19 heteroatoms. The highest BCUT2D eigenvalue weighted by atomic mass is 32.2. The summed E-state index contributed by atoms with van der Waals surface area (Å²) in [6.45, 7) is 8.88. The van der Waals surface area contributed by atoms with Crippen LogP contribution in [0.25, 0.3) is 22.0 Å². The summed E-state index contributed by atoms with van der Waals surface area (Å²) in [5.74, 6) is -1.85. The zero-order valence-electron chi connectivity index (χ0n) is 39.1. The van der Waals surface area contributed by atoms with E-state index in [0.29, 0.717) is 89.9 Å². The highest BCUT2D eigenvalue weighted by Gasteiger charge is 2.46. The van der Waals surface area contributed by atoms with E-state index in [1.54, 1.807) is 30.3 Å². The SMILES string of the molecule is CC(C)S(=O)(=O)N1CCC(n2cc(-c3cccc(C(N)=S)c3)c3ccc(CCC(=O)C4CN(CCOCCOCCOCCOc5cccc6c5C(=O)N(C5CCC(=O)NC5=O)C6=O)C4)cc32)CC1. The van der Waals surface area contributed by atoms with Gasteiger partial charge in [-0.15, -0.1) is 0 Å². The van der Waals surface area contributed by atoms with Crippen LogP contribution in [0.2, 0.25) is 0 Å². The molecule has 17 nitrogen and oxygen atoms in total. The molecule has 0 bridgehead atoms. The molecule has 1 aromatic heterocycles. The van der Waals surface area contributed by atoms with Gasteiger partial charge in [0.05, 0.1) is 56.0 Å². The first-order valence-corrected chi connectivity index (χ1v) is 25.6. The van der Waals surface area contributed by atoms with E-state index in [4.69, 9.17) is 36.9 Å². The van der Waals surface area contributed by atoms with E-state index in [1.165, 1.54) is 6.07 Å². The standard InChI is InChI=1S/C50H60N6O11S2/c1-32(2)69(62,63)54-17-15-37(16-18-54)55-31-40(34-5-3-6-35(28-34)47(51)68)38-11-9-33(27-42(38)55)10-13-43(57)36-29-53(30-36)19-20-64-21-22-65-23-24-66-25-26-67-44-8-4-7-39-46(44)50(61)56(49(39)60)41-12-14-45(58)52-48(41)59/h3-9,11,27-28,31-32,36-37,41H,10,12-26,29-30H2,1-2H3,(H2,51,68)(H,52,58,59). The van der Waals surface area contributed by atoms with Crippen molar-refractivity contribution in [3.05, 3.63) is 89.1 Å². The Morgan fingerprint density at radius 1 is 0.841 bits per heavy atom. The first-order chi connectivity index (χ1) is 33.2. The van der Waals surface area contributed by atoms with Gasteiger partial charge in [0, 0.05) is 85.8 Å². The predicted molar refractivity (Wildman–Crippen MR) is 261 cm³/mol. The van der Waals surface area contributed by atoms with Gasteiger partial charge in [0.1, 0.15) is 29.2 Å². The van der Waals surface area contributed by atoms with Crippen LogP contribution in [0.4, 0.5) is 0 Å². The molecule has 5 heterocycles. The van der Waals surface area contributed by atoms with Crippen LogP contribution < -0.4 is 15.8 Å². The molecular formula is C50H60N6O11S2. The Morgan fingerprint density at radius 3 is 2.23 bits per heavy atom. The molecule has 368 valence electrons. The van der Waals surface area contributed by atoms with Gasteiger partial charge >= 0.3 is 0 Å². The van der Waals surface area contributed by atoms with Crippen molar-refractivity contribution in [2.24, 2.45) is 11.7 Å². The zero-order chi connectivity index (χ0) is 48.8. The number of imide groups is 2. The van der Waals surface area contributed by atoms with Gasteiger partial charge in [0.2, 0.25) is 21.8 Å². The van der Waals surface area contributed by atoms with Crippen molar-refractivity contribution >= 4 is 67.5 Å². The highest BCUT2D eigenvalue weighted by molar-refractivity contribution is 7.89. The lowest BCUT2D eigenvalue weighted by molar-refractivity contribution is -0.136. The molecule has 3 aromatic carbocycles. The molecule has 0 saturated carbocycles. The normalized spacial score (nSPS) is 18.5. The van der Waals surface area contributed by atoms with Crippen molar-refractivity contribution in [1.29, 1.82) is 0 Å². The lowest BCUT2D eigenvalue weighted by Gasteiger charge is -2.38. The van der Waals surface area contributed by atoms with E-state index in [1.807, 2.05) is 18.2 Å². The minimum Gasteiger partial charge on any atom is -0.490 e. The van der Waals surface area contributed by atoms with Crippen LogP contribution in [-0.4, -0.2) is 152 Å². The number of carbonyl (C=O) groups is 5. The fourth-order valence-corrected chi connectivity index (χ4v) is 10.9. The number of aromatic nitrogens is 1. The van der Waals surface area contributed by atoms with E-state index in [2.05, 4.69) is 45.2 Å². The molecular weight excluding hydrogens is 925 g/mol. The molecule has 4 amide bonds. The summed E-state index contributed by atoms with van der Waals surface area (Å²) in [4.78, 5) is 67.0. The van der Waals surface area contributed by atoms with E-state index in [0.717, 1.165) is 44.6 Å². The van der Waals surface area contributed by atoms with E-state index >= 15 is 0 Å². The minimum absolute atomic E-state index is 0.00155. The van der Waals surface area contributed by atoms with E-state index < -0.39 is 44.9 Å². The number of aryl methyl sites for hydroxylation is 1. The topological polar surface area (TPSA) is 209 Å². The number of nitrogens with two attached hydrogens (primary N) is 1. The number of sulfonamides is 1. The quantitative estimate of drug-likeness (QED) is 0.0605. The lowest BCUT2D eigenvalue weighted by atomic mass is 9.91. The molecule has 1 atom stereocenters. The van der Waals surface area contributed by atoms with Crippen molar-refractivity contribution in [2.75, 3.05) is 79.0 Å². The molecule has 69 heavy (non-hydrogen) atoms. The number of Topliss-reactive ketones (excluding diaryl/α,β-unsaturated/α-hetero) is 1. The Balaban J connectivity index is 0.715. The van der Waals surface area contributed by atoms with E-state index in [-0.39, 0.29) is 60.7 Å². The number of nitrogens with zero attached hydrogens (tertiary/aromatic N) is 4. The second-order valence-corrected chi connectivity index (χ2v) is 21.1. The third-order valence-corrected chi connectivity index (χ3v) is 15.9. The smallest absolute Gasteiger partial charge is 0.266 e. The van der Waals surface area contributed by atoms with Crippen LogP contribution >= 0.6 is 12.2 Å². The monoisotopic (exact) mass is 984 g/mol. The average Bonchev–Trinajstić information content (AvgIpc) is 3.83. The van der Waals surface area contributed by atoms with Crippen molar-refractivity contribution in [3.63, 3.8) is 0 Å². The number of piperidine rings is 2. The summed E-state index contributed by atoms with van der Waals surface area (Å²) >= 11 is 5.28. The van der Waals surface area contributed by atoms with Crippen LogP contribution in [0, 0.1) is 5.92 Å². The molecule has 4 aliphatic heterocycles. The molecule has 3 fully saturated rings. The van der Waals surface area contributed by atoms with Crippen LogP contribution in [0.1, 0.15) is 83.8 Å². The largest absolute Gasteiger partial charge is 0.490 e. The number of hydrogen-bond acceptors (Lipinski definition) is 13. The predicted octanol–water partition coefficient (Wildman–Crippen LogP) is 4.28. The number of thiocarbonyl (C=S) groups is 1. The minimum atomic E-state index is -3.33. The molecule has 0 radical (unpaired) electrons. The third kappa shape index (κ3) is 11.3. The number of hydrogen-bond donors (Lipinski definition) is 2. The molecule has 8 rings (SSSR count). The summed E-state index contributed by atoms with van der Waals surface area (Å²) in [7, 11) is -3.33. The Hall–Kier alpha value is -5.41. The third-order valence-electron chi connectivity index (χ3n) is 13.4. The first kappa shape index (κ1) is 50.0. The van der Waals surface area contributed by atoms with Gasteiger partial charge in [-0.2, -0.15) is 0 Å². The number of likely N-dealkylation sites (tertiary alicyclic amines) is 1. The van der Waals surface area contributed by atoms with Crippen molar-refractivity contribution < 1.29 is 51.3 Å². The summed E-state index contributed by atoms with van der Waals surface area (Å²) in [6, 6.07) is 18.1. The molecule has 0 aliphatic carbocycles. The van der Waals surface area contributed by atoms with Gasteiger partial charge in [-0.1, -0.05) is 48.6 Å². The number of benzene rings is 3. The number of ketones is 1. The number of nitrogens with one attached hydrogen (secondary N) is 1. The Morgan fingerprint density at radius 2 is 1.54 bits per heavy atom. The van der Waals surface area contributed by atoms with Gasteiger partial charge in [0.25, 0.3) is 11.8 Å². The van der Waals surface area contributed by atoms with Crippen LogP contribution in [0.5, 0.6) is 5.75 Å². The summed E-state index contributed by atoms with van der Waals surface area (Å²) < 4.78 is 52.6. The molecule has 3 saturated heterocycles. The van der Waals surface area contributed by atoms with Crippen LogP contribution in [0.15, 0.2) is 66.9 Å². The molecule has 4 aliphatic rings. The van der Waals surface area contributed by atoms with Gasteiger partial charge in [0.15, 0.2) is 0 Å². The van der Waals surface area contributed by atoms with E-state index in [9.17, 15) is 32.4 Å². The van der Waals surface area contributed by atoms with Crippen LogP contribution in [-0.2, 0) is 45.0 Å². The molecule has 0 spiro atoms. The zero-order valence-corrected chi connectivity index (χ0v) is 40.7. The maximum Gasteiger partial charge on any atom is 0.266 e. The summed E-state index contributed by atoms with van der Waals surface area (Å²) in [6.07, 6.45) is 4.77. The Kier molecular flexibility index (Phi) is 16.0. The second kappa shape index (κ2) is 22.1. The van der Waals surface area contributed by atoms with Gasteiger partial charge in [-0.3, -0.25) is 39.1 Å². The Bertz CT molecular complexity index is 2710. The second-order valence-electron chi connectivity index (χ2n) is 18.2. The number of rotatable bonds is 23. The Labute approximate surface area is 407 Å². The maximum absolute atomic E-state index is 13.3. The average molecular weight is 985 g/mol. The van der Waals surface area contributed by atoms with Crippen molar-refractivity contribution in [1.82, 2.24) is 24.0 Å². The fraction of sp³-hybridized carbons (Fsp3) is 0.480. The van der Waals surface area contributed by atoms with Crippen molar-refractivity contribution in [2.45, 2.75) is 69.7 Å². The lowest BCUT2D eigenvalue weighted by Crippen LogP contribution is -2.54. The van der Waals surface area contributed by atoms with Gasteiger partial charge in [-0.25, -0.2) is 12.7 Å². The van der Waals surface area contributed by atoms with Crippen LogP contribution in [0.3, 0.4) is 0 Å². The van der Waals surface area contributed by atoms with Gasteiger partial charge in [-0.05, 0) is 74.9 Å². The number of fused-ring (bicyclic) bond motifs is 2.